The van der Waals surface area contributed by atoms with Crippen molar-refractivity contribution in [2.75, 3.05) is 5.32 Å². The number of nitrogens with one attached hydrogen (secondary N) is 1. The van der Waals surface area contributed by atoms with Gasteiger partial charge in [-0.05, 0) is 12.8 Å². The Morgan fingerprint density at radius 3 is 2.33 bits per heavy atom. The van der Waals surface area contributed by atoms with E-state index in [1.54, 1.807) is 0 Å². The summed E-state index contributed by atoms with van der Waals surface area (Å²) in [4.78, 5) is 19.9. The molecule has 1 aliphatic carbocycles. The fourth-order valence-corrected chi connectivity index (χ4v) is 2.68. The molecule has 1 aromatic heterocycles. The zero-order valence-corrected chi connectivity index (χ0v) is 11.7. The van der Waals surface area contributed by atoms with E-state index in [0.717, 1.165) is 25.7 Å². The third kappa shape index (κ3) is 2.75. The first-order valence-electron chi connectivity index (χ1n) is 6.00. The summed E-state index contributed by atoms with van der Waals surface area (Å²) in [6.45, 7) is 1.98. The number of carbonyl (C=O) groups excluding carboxylic acids is 1. The predicted octanol–water partition coefficient (Wildman–Crippen LogP) is 3.69. The van der Waals surface area contributed by atoms with Crippen LogP contribution in [0.3, 0.4) is 0 Å². The van der Waals surface area contributed by atoms with Gasteiger partial charge in [0.15, 0.2) is 10.3 Å². The van der Waals surface area contributed by atoms with Gasteiger partial charge in [0.05, 0.1) is 0 Å². The highest BCUT2D eigenvalue weighted by Gasteiger charge is 2.35. The zero-order valence-electron chi connectivity index (χ0n) is 10.2. The second-order valence-corrected chi connectivity index (χ2v) is 5.62. The largest absolute Gasteiger partial charge is 0.320 e. The van der Waals surface area contributed by atoms with Crippen molar-refractivity contribution < 1.29 is 4.79 Å². The molecule has 0 radical (unpaired) electrons. The second-order valence-electron chi connectivity index (χ2n) is 4.91. The summed E-state index contributed by atoms with van der Waals surface area (Å²) in [5.41, 5.74) is -0.0431. The first-order valence-corrected chi connectivity index (χ1v) is 6.76. The van der Waals surface area contributed by atoms with E-state index >= 15 is 0 Å². The molecule has 1 saturated carbocycles. The van der Waals surface area contributed by atoms with Crippen LogP contribution in [-0.2, 0) is 4.79 Å². The van der Waals surface area contributed by atoms with E-state index in [1.807, 2.05) is 6.92 Å². The van der Waals surface area contributed by atoms with Gasteiger partial charge in [-0.25, -0.2) is 9.97 Å². The van der Waals surface area contributed by atoms with Gasteiger partial charge < -0.3 is 5.32 Å². The Bertz CT molecular complexity index is 438. The quantitative estimate of drug-likeness (QED) is 0.844. The number of nitrogens with zero attached hydrogens (tertiary/aromatic N) is 2. The average Bonchev–Trinajstić information content (AvgIpc) is 2.34. The molecule has 0 atom stereocenters. The Hall–Kier alpha value is -0.870. The maximum atomic E-state index is 12.3. The van der Waals surface area contributed by atoms with E-state index in [1.165, 1.54) is 12.7 Å². The van der Waals surface area contributed by atoms with Crippen molar-refractivity contribution >= 4 is 34.8 Å². The lowest BCUT2D eigenvalue weighted by atomic mass is 9.75. The summed E-state index contributed by atoms with van der Waals surface area (Å²) < 4.78 is 0. The Labute approximate surface area is 116 Å². The summed E-state index contributed by atoms with van der Waals surface area (Å²) in [7, 11) is 0. The molecule has 1 aromatic rings. The van der Waals surface area contributed by atoms with Crippen LogP contribution in [0.2, 0.25) is 10.3 Å². The maximum Gasteiger partial charge on any atom is 0.230 e. The monoisotopic (exact) mass is 287 g/mol. The first kappa shape index (κ1) is 13.6. The number of anilines is 1. The van der Waals surface area contributed by atoms with Gasteiger partial charge in [-0.15, -0.1) is 0 Å². The van der Waals surface area contributed by atoms with Crippen molar-refractivity contribution in [3.63, 3.8) is 0 Å². The van der Waals surface area contributed by atoms with Crippen LogP contribution in [0, 0.1) is 5.41 Å². The van der Waals surface area contributed by atoms with E-state index in [-0.39, 0.29) is 21.6 Å². The molecule has 0 saturated heterocycles. The minimum Gasteiger partial charge on any atom is -0.320 e. The van der Waals surface area contributed by atoms with Crippen molar-refractivity contribution in [3.05, 3.63) is 16.6 Å². The predicted molar refractivity (Wildman–Crippen MR) is 71.9 cm³/mol. The summed E-state index contributed by atoms with van der Waals surface area (Å²) >= 11 is 11.8. The smallest absolute Gasteiger partial charge is 0.230 e. The molecular weight excluding hydrogens is 273 g/mol. The van der Waals surface area contributed by atoms with Gasteiger partial charge in [0.1, 0.15) is 12.0 Å². The number of amides is 1. The first-order chi connectivity index (χ1) is 8.53. The van der Waals surface area contributed by atoms with Crippen LogP contribution in [0.1, 0.15) is 39.0 Å². The fourth-order valence-electron chi connectivity index (χ4n) is 2.27. The summed E-state index contributed by atoms with van der Waals surface area (Å²) in [6.07, 6.45) is 6.40. The third-order valence-corrected chi connectivity index (χ3v) is 4.07. The lowest BCUT2D eigenvalue weighted by Crippen LogP contribution is -2.35. The molecule has 1 amide bonds. The molecule has 6 heteroatoms. The van der Waals surface area contributed by atoms with Crippen molar-refractivity contribution in [3.8, 4) is 0 Å². The number of hydrogen-bond donors (Lipinski definition) is 1. The zero-order chi connectivity index (χ0) is 13.2. The molecule has 0 spiro atoms. The van der Waals surface area contributed by atoms with Crippen molar-refractivity contribution in [2.45, 2.75) is 39.0 Å². The van der Waals surface area contributed by atoms with Crippen molar-refractivity contribution in [1.29, 1.82) is 0 Å². The molecule has 1 aliphatic rings. The highest BCUT2D eigenvalue weighted by Crippen LogP contribution is 2.37. The molecule has 0 unspecified atom stereocenters. The van der Waals surface area contributed by atoms with Crippen molar-refractivity contribution in [2.24, 2.45) is 5.41 Å². The Morgan fingerprint density at radius 2 is 1.78 bits per heavy atom. The molecule has 0 aromatic carbocycles. The highest BCUT2D eigenvalue weighted by molar-refractivity contribution is 6.38. The molecule has 98 valence electrons. The molecule has 1 N–H and O–H groups in total. The Kier molecular flexibility index (Phi) is 4.07. The minimum atomic E-state index is -0.346. The molecule has 1 heterocycles. The van der Waals surface area contributed by atoms with E-state index in [2.05, 4.69) is 15.3 Å². The van der Waals surface area contributed by atoms with E-state index < -0.39 is 0 Å². The maximum absolute atomic E-state index is 12.3. The molecule has 4 nitrogen and oxygen atoms in total. The van der Waals surface area contributed by atoms with Crippen LogP contribution in [-0.4, -0.2) is 15.9 Å². The lowest BCUT2D eigenvalue weighted by Gasteiger charge is -2.32. The number of halogens is 2. The van der Waals surface area contributed by atoms with Crippen LogP contribution in [0.25, 0.3) is 0 Å². The normalized spacial score (nSPS) is 18.4. The number of hydrogen-bond acceptors (Lipinski definition) is 3. The number of aromatic nitrogens is 2. The number of rotatable bonds is 2. The summed E-state index contributed by atoms with van der Waals surface area (Å²) in [5, 5.41) is 3.10. The van der Waals surface area contributed by atoms with Crippen LogP contribution in [0.4, 0.5) is 5.69 Å². The fraction of sp³-hybridized carbons (Fsp3) is 0.583. The van der Waals surface area contributed by atoms with Gasteiger partial charge in [0.25, 0.3) is 0 Å². The molecule has 2 rings (SSSR count). The van der Waals surface area contributed by atoms with Crippen LogP contribution >= 0.6 is 23.2 Å². The SMILES string of the molecule is CC1(C(=O)Nc2c(Cl)ncnc2Cl)CCCCC1. The Balaban J connectivity index is 2.16. The van der Waals surface area contributed by atoms with Crippen LogP contribution in [0.5, 0.6) is 0 Å². The summed E-state index contributed by atoms with van der Waals surface area (Å²) in [6, 6.07) is 0. The molecule has 0 bridgehead atoms. The lowest BCUT2D eigenvalue weighted by molar-refractivity contribution is -0.126. The van der Waals surface area contributed by atoms with Gasteiger partial charge in [-0.1, -0.05) is 49.4 Å². The molecule has 1 fully saturated rings. The van der Waals surface area contributed by atoms with Crippen LogP contribution in [0.15, 0.2) is 6.33 Å². The molecule has 0 aliphatic heterocycles. The third-order valence-electron chi connectivity index (χ3n) is 3.50. The Morgan fingerprint density at radius 1 is 1.22 bits per heavy atom. The van der Waals surface area contributed by atoms with Crippen LogP contribution < -0.4 is 5.32 Å². The minimum absolute atomic E-state index is 0.0548. The van der Waals surface area contributed by atoms with E-state index in [4.69, 9.17) is 23.2 Å². The topological polar surface area (TPSA) is 54.9 Å². The highest BCUT2D eigenvalue weighted by atomic mass is 35.5. The van der Waals surface area contributed by atoms with E-state index in [0.29, 0.717) is 5.69 Å². The standard InChI is InChI=1S/C12H15Cl2N3O/c1-12(5-3-2-4-6-12)11(18)17-8-9(13)15-7-16-10(8)14/h7H,2-6H2,1H3,(H,17,18). The molecular formula is C12H15Cl2N3O. The van der Waals surface area contributed by atoms with Gasteiger partial charge in [0.2, 0.25) is 5.91 Å². The van der Waals surface area contributed by atoms with Gasteiger partial charge >= 0.3 is 0 Å². The van der Waals surface area contributed by atoms with Crippen molar-refractivity contribution in [1.82, 2.24) is 9.97 Å². The second kappa shape index (κ2) is 5.41. The van der Waals surface area contributed by atoms with E-state index in [9.17, 15) is 4.79 Å². The summed E-state index contributed by atoms with van der Waals surface area (Å²) in [5.74, 6) is -0.0548. The van der Waals surface area contributed by atoms with Gasteiger partial charge in [-0.3, -0.25) is 4.79 Å². The van der Waals surface area contributed by atoms with Gasteiger partial charge in [-0.2, -0.15) is 0 Å². The van der Waals surface area contributed by atoms with Gasteiger partial charge in [0, 0.05) is 5.41 Å². The average molecular weight is 288 g/mol. The number of carbonyl (C=O) groups is 1. The molecule has 18 heavy (non-hydrogen) atoms.